The summed E-state index contributed by atoms with van der Waals surface area (Å²) in [6.45, 7) is 3.04. The van der Waals surface area contributed by atoms with Crippen LogP contribution in [0.15, 0.2) is 48.5 Å². The van der Waals surface area contributed by atoms with Gasteiger partial charge in [0.05, 0.1) is 13.7 Å². The van der Waals surface area contributed by atoms with Gasteiger partial charge in [-0.1, -0.05) is 31.2 Å². The highest BCUT2D eigenvalue weighted by Gasteiger charge is 2.07. The number of ether oxygens (including phenoxy) is 3. The van der Waals surface area contributed by atoms with E-state index in [1.54, 1.807) is 13.2 Å². The van der Waals surface area contributed by atoms with E-state index in [1.165, 1.54) is 0 Å². The molecule has 0 saturated heterocycles. The van der Waals surface area contributed by atoms with Crippen LogP contribution in [0.4, 0.5) is 0 Å². The van der Waals surface area contributed by atoms with E-state index in [-0.39, 0.29) is 12.5 Å². The standard InChI is InChI=1S/C19H23NO4/c1-3-12-23-17-6-4-5-7-18(17)24-14-19(21)20-13-15-8-10-16(22-2)11-9-15/h4-11H,3,12-14H2,1-2H3,(H,20,21). The first-order valence-electron chi connectivity index (χ1n) is 7.97. The summed E-state index contributed by atoms with van der Waals surface area (Å²) in [5, 5.41) is 2.82. The SMILES string of the molecule is CCCOc1ccccc1OCC(=O)NCc1ccc(OC)cc1. The van der Waals surface area contributed by atoms with E-state index >= 15 is 0 Å². The quantitative estimate of drug-likeness (QED) is 0.768. The molecule has 0 aromatic heterocycles. The second-order valence-corrected chi connectivity index (χ2v) is 5.21. The summed E-state index contributed by atoms with van der Waals surface area (Å²) >= 11 is 0. The van der Waals surface area contributed by atoms with Crippen molar-refractivity contribution in [2.75, 3.05) is 20.3 Å². The van der Waals surface area contributed by atoms with Crippen LogP contribution in [0, 0.1) is 0 Å². The van der Waals surface area contributed by atoms with Crippen molar-refractivity contribution in [1.29, 1.82) is 0 Å². The summed E-state index contributed by atoms with van der Waals surface area (Å²) in [5.41, 5.74) is 0.996. The van der Waals surface area contributed by atoms with Crippen LogP contribution in [0.3, 0.4) is 0 Å². The maximum Gasteiger partial charge on any atom is 0.258 e. The Morgan fingerprint density at radius 1 is 1.00 bits per heavy atom. The molecular formula is C19H23NO4. The van der Waals surface area contributed by atoms with Crippen LogP contribution in [0.5, 0.6) is 17.2 Å². The first kappa shape index (κ1) is 17.7. The number of carbonyl (C=O) groups excluding carboxylic acids is 1. The molecule has 2 aromatic rings. The van der Waals surface area contributed by atoms with Crippen LogP contribution in [0.2, 0.25) is 0 Å². The average Bonchev–Trinajstić information content (AvgIpc) is 2.64. The number of methoxy groups -OCH3 is 1. The topological polar surface area (TPSA) is 56.8 Å². The van der Waals surface area contributed by atoms with Gasteiger partial charge in [0.2, 0.25) is 0 Å². The van der Waals surface area contributed by atoms with Gasteiger partial charge in [-0.2, -0.15) is 0 Å². The first-order chi connectivity index (χ1) is 11.7. The molecule has 5 nitrogen and oxygen atoms in total. The molecule has 0 bridgehead atoms. The lowest BCUT2D eigenvalue weighted by atomic mass is 10.2. The van der Waals surface area contributed by atoms with Gasteiger partial charge in [0.1, 0.15) is 5.75 Å². The highest BCUT2D eigenvalue weighted by Crippen LogP contribution is 2.26. The van der Waals surface area contributed by atoms with E-state index in [2.05, 4.69) is 5.32 Å². The Morgan fingerprint density at radius 2 is 1.67 bits per heavy atom. The van der Waals surface area contributed by atoms with Gasteiger partial charge < -0.3 is 19.5 Å². The lowest BCUT2D eigenvalue weighted by Crippen LogP contribution is -2.28. The van der Waals surface area contributed by atoms with Crippen molar-refractivity contribution in [3.63, 3.8) is 0 Å². The van der Waals surface area contributed by atoms with Gasteiger partial charge in [-0.3, -0.25) is 4.79 Å². The van der Waals surface area contributed by atoms with Gasteiger partial charge in [0.15, 0.2) is 18.1 Å². The van der Waals surface area contributed by atoms with Crippen LogP contribution in [-0.2, 0) is 11.3 Å². The van der Waals surface area contributed by atoms with Crippen molar-refractivity contribution in [3.05, 3.63) is 54.1 Å². The minimum absolute atomic E-state index is 0.0529. The summed E-state index contributed by atoms with van der Waals surface area (Å²) in [6, 6.07) is 14.9. The molecule has 0 atom stereocenters. The molecule has 0 aliphatic rings. The highest BCUT2D eigenvalue weighted by molar-refractivity contribution is 5.77. The molecule has 1 N–H and O–H groups in total. The third-order valence-electron chi connectivity index (χ3n) is 3.32. The van der Waals surface area contributed by atoms with Gasteiger partial charge in [-0.05, 0) is 36.2 Å². The van der Waals surface area contributed by atoms with Crippen LogP contribution in [-0.4, -0.2) is 26.2 Å². The van der Waals surface area contributed by atoms with Gasteiger partial charge in [0.25, 0.3) is 5.91 Å². The number of benzene rings is 2. The van der Waals surface area contributed by atoms with Crippen LogP contribution < -0.4 is 19.5 Å². The molecule has 24 heavy (non-hydrogen) atoms. The Kier molecular flexibility index (Phi) is 6.95. The summed E-state index contributed by atoms with van der Waals surface area (Å²) in [5.74, 6) is 1.83. The van der Waals surface area contributed by atoms with E-state index in [9.17, 15) is 4.79 Å². The fourth-order valence-electron chi connectivity index (χ4n) is 2.04. The van der Waals surface area contributed by atoms with E-state index < -0.39 is 0 Å². The van der Waals surface area contributed by atoms with E-state index in [0.29, 0.717) is 24.7 Å². The highest BCUT2D eigenvalue weighted by atomic mass is 16.5. The second kappa shape index (κ2) is 9.45. The third kappa shape index (κ3) is 5.50. The fraction of sp³-hybridized carbons (Fsp3) is 0.316. The predicted octanol–water partition coefficient (Wildman–Crippen LogP) is 3.18. The number of nitrogens with one attached hydrogen (secondary N) is 1. The van der Waals surface area contributed by atoms with E-state index in [1.807, 2.05) is 49.4 Å². The smallest absolute Gasteiger partial charge is 0.258 e. The van der Waals surface area contributed by atoms with Crippen molar-refractivity contribution in [1.82, 2.24) is 5.32 Å². The van der Waals surface area contributed by atoms with Gasteiger partial charge >= 0.3 is 0 Å². The molecule has 0 saturated carbocycles. The molecule has 128 valence electrons. The maximum atomic E-state index is 11.9. The van der Waals surface area contributed by atoms with Crippen LogP contribution in [0.25, 0.3) is 0 Å². The molecule has 0 heterocycles. The van der Waals surface area contributed by atoms with Crippen LogP contribution >= 0.6 is 0 Å². The molecule has 0 unspecified atom stereocenters. The van der Waals surface area contributed by atoms with Crippen LogP contribution in [0.1, 0.15) is 18.9 Å². The van der Waals surface area contributed by atoms with E-state index in [4.69, 9.17) is 14.2 Å². The second-order valence-electron chi connectivity index (χ2n) is 5.21. The van der Waals surface area contributed by atoms with Gasteiger partial charge in [-0.15, -0.1) is 0 Å². The average molecular weight is 329 g/mol. The number of rotatable bonds is 9. The Balaban J connectivity index is 1.80. The molecule has 0 aliphatic carbocycles. The molecule has 2 aromatic carbocycles. The number of hydrogen-bond acceptors (Lipinski definition) is 4. The minimum Gasteiger partial charge on any atom is -0.497 e. The fourth-order valence-corrected chi connectivity index (χ4v) is 2.04. The molecule has 0 radical (unpaired) electrons. The summed E-state index contributed by atoms with van der Waals surface area (Å²) in [7, 11) is 1.62. The zero-order valence-corrected chi connectivity index (χ0v) is 14.1. The molecule has 2 rings (SSSR count). The number of carbonyl (C=O) groups is 1. The van der Waals surface area contributed by atoms with Gasteiger partial charge in [-0.25, -0.2) is 0 Å². The Morgan fingerprint density at radius 3 is 2.29 bits per heavy atom. The van der Waals surface area contributed by atoms with Crippen molar-refractivity contribution >= 4 is 5.91 Å². The molecular weight excluding hydrogens is 306 g/mol. The normalized spacial score (nSPS) is 10.1. The zero-order valence-electron chi connectivity index (χ0n) is 14.1. The lowest BCUT2D eigenvalue weighted by molar-refractivity contribution is -0.123. The lowest BCUT2D eigenvalue weighted by Gasteiger charge is -2.12. The molecule has 1 amide bonds. The Hall–Kier alpha value is -2.69. The Bertz CT molecular complexity index is 640. The molecule has 0 aliphatic heterocycles. The minimum atomic E-state index is -0.184. The zero-order chi connectivity index (χ0) is 17.2. The largest absolute Gasteiger partial charge is 0.497 e. The van der Waals surface area contributed by atoms with Gasteiger partial charge in [0, 0.05) is 6.54 Å². The van der Waals surface area contributed by atoms with Crippen molar-refractivity contribution in [2.45, 2.75) is 19.9 Å². The molecule has 0 spiro atoms. The number of hydrogen-bond donors (Lipinski definition) is 1. The van der Waals surface area contributed by atoms with E-state index in [0.717, 1.165) is 17.7 Å². The summed E-state index contributed by atoms with van der Waals surface area (Å²) in [6.07, 6.45) is 0.913. The maximum absolute atomic E-state index is 11.9. The molecule has 0 fully saturated rings. The summed E-state index contributed by atoms with van der Waals surface area (Å²) < 4.78 is 16.3. The molecule has 5 heteroatoms. The summed E-state index contributed by atoms with van der Waals surface area (Å²) in [4.78, 5) is 11.9. The third-order valence-corrected chi connectivity index (χ3v) is 3.32. The van der Waals surface area contributed by atoms with Crippen molar-refractivity contribution in [2.24, 2.45) is 0 Å². The Labute approximate surface area is 142 Å². The predicted molar refractivity (Wildman–Crippen MR) is 92.6 cm³/mol. The number of para-hydroxylation sites is 2. The van der Waals surface area contributed by atoms with Crippen molar-refractivity contribution in [3.8, 4) is 17.2 Å². The monoisotopic (exact) mass is 329 g/mol. The van der Waals surface area contributed by atoms with Crippen molar-refractivity contribution < 1.29 is 19.0 Å². The first-order valence-corrected chi connectivity index (χ1v) is 7.97. The number of amides is 1.